The first-order valence-corrected chi connectivity index (χ1v) is 5.92. The second kappa shape index (κ2) is 5.22. The van der Waals surface area contributed by atoms with E-state index in [0.29, 0.717) is 24.0 Å². The molecule has 0 bridgehead atoms. The fraction of sp³-hybridized carbons (Fsp3) is 0.500. The van der Waals surface area contributed by atoms with Crippen molar-refractivity contribution in [2.24, 2.45) is 0 Å². The minimum absolute atomic E-state index is 0.193. The molecule has 2 heterocycles. The molecular formula is C12H16N4O2. The van der Waals surface area contributed by atoms with Crippen LogP contribution >= 0.6 is 0 Å². The molecule has 2 aromatic rings. The molecule has 96 valence electrons. The maximum atomic E-state index is 9.74. The Bertz CT molecular complexity index is 509. The van der Waals surface area contributed by atoms with E-state index in [0.717, 1.165) is 5.56 Å². The molecule has 0 aliphatic rings. The molecule has 0 saturated heterocycles. The summed E-state index contributed by atoms with van der Waals surface area (Å²) in [5.74, 6) is 0.985. The Morgan fingerprint density at radius 2 is 1.94 bits per heavy atom. The first-order chi connectivity index (χ1) is 8.61. The van der Waals surface area contributed by atoms with Crippen molar-refractivity contribution in [3.05, 3.63) is 23.8 Å². The Balaban J connectivity index is 2.22. The van der Waals surface area contributed by atoms with Gasteiger partial charge in [-0.1, -0.05) is 19.0 Å². The summed E-state index contributed by atoms with van der Waals surface area (Å²) >= 11 is 0. The van der Waals surface area contributed by atoms with E-state index in [4.69, 9.17) is 4.52 Å². The molecule has 0 aromatic carbocycles. The van der Waals surface area contributed by atoms with Crippen LogP contribution in [0.3, 0.4) is 0 Å². The lowest BCUT2D eigenvalue weighted by molar-refractivity contribution is 0.129. The largest absolute Gasteiger partial charge is 0.392 e. The Morgan fingerprint density at radius 1 is 1.28 bits per heavy atom. The maximum Gasteiger partial charge on any atom is 0.240 e. The van der Waals surface area contributed by atoms with E-state index in [1.807, 2.05) is 20.8 Å². The number of aromatic nitrogens is 4. The Hall–Kier alpha value is -1.82. The predicted molar refractivity (Wildman–Crippen MR) is 64.8 cm³/mol. The van der Waals surface area contributed by atoms with E-state index in [-0.39, 0.29) is 5.92 Å². The number of aliphatic hydroxyl groups is 1. The highest BCUT2D eigenvalue weighted by molar-refractivity contribution is 5.41. The fourth-order valence-corrected chi connectivity index (χ4v) is 1.54. The molecule has 0 radical (unpaired) electrons. The average Bonchev–Trinajstić information content (AvgIpc) is 2.87. The standard InChI is InChI=1S/C12H16N4O2/c1-4-9(17)8(3)12-15-11(16-18-12)10-13-5-7(2)6-14-10/h5-6,8-9,17H,4H2,1-3H3. The van der Waals surface area contributed by atoms with Crippen molar-refractivity contribution in [1.82, 2.24) is 20.1 Å². The van der Waals surface area contributed by atoms with Crippen molar-refractivity contribution in [2.75, 3.05) is 0 Å². The van der Waals surface area contributed by atoms with E-state index in [2.05, 4.69) is 20.1 Å². The van der Waals surface area contributed by atoms with Crippen LogP contribution in [-0.4, -0.2) is 31.3 Å². The SMILES string of the molecule is CCC(O)C(C)c1nc(-c2ncc(C)cn2)no1. The van der Waals surface area contributed by atoms with Crippen molar-refractivity contribution in [1.29, 1.82) is 0 Å². The maximum absolute atomic E-state index is 9.74. The van der Waals surface area contributed by atoms with Crippen LogP contribution in [0.15, 0.2) is 16.9 Å². The minimum Gasteiger partial charge on any atom is -0.392 e. The third kappa shape index (κ3) is 2.53. The Kier molecular flexibility index (Phi) is 3.66. The van der Waals surface area contributed by atoms with Gasteiger partial charge in [0.2, 0.25) is 17.5 Å². The Morgan fingerprint density at radius 3 is 2.56 bits per heavy atom. The van der Waals surface area contributed by atoms with Gasteiger partial charge in [-0.15, -0.1) is 0 Å². The normalized spacial score (nSPS) is 14.4. The van der Waals surface area contributed by atoms with Crippen molar-refractivity contribution < 1.29 is 9.63 Å². The van der Waals surface area contributed by atoms with Gasteiger partial charge in [0.1, 0.15) is 0 Å². The fourth-order valence-electron chi connectivity index (χ4n) is 1.54. The molecule has 2 aromatic heterocycles. The van der Waals surface area contributed by atoms with Crippen LogP contribution in [0.5, 0.6) is 0 Å². The average molecular weight is 248 g/mol. The zero-order chi connectivity index (χ0) is 13.1. The second-order valence-electron chi connectivity index (χ2n) is 4.30. The molecule has 6 nitrogen and oxygen atoms in total. The highest BCUT2D eigenvalue weighted by Crippen LogP contribution is 2.21. The molecule has 0 spiro atoms. The summed E-state index contributed by atoms with van der Waals surface area (Å²) in [6, 6.07) is 0. The number of hydrogen-bond acceptors (Lipinski definition) is 6. The van der Waals surface area contributed by atoms with Gasteiger partial charge in [0.05, 0.1) is 12.0 Å². The van der Waals surface area contributed by atoms with E-state index >= 15 is 0 Å². The molecule has 0 saturated carbocycles. The summed E-state index contributed by atoms with van der Waals surface area (Å²) in [7, 11) is 0. The molecule has 18 heavy (non-hydrogen) atoms. The van der Waals surface area contributed by atoms with E-state index in [1.54, 1.807) is 12.4 Å². The second-order valence-corrected chi connectivity index (χ2v) is 4.30. The summed E-state index contributed by atoms with van der Waals surface area (Å²) in [5.41, 5.74) is 0.970. The van der Waals surface area contributed by atoms with Gasteiger partial charge in [0.25, 0.3) is 0 Å². The first kappa shape index (κ1) is 12.6. The number of nitrogens with zero attached hydrogens (tertiary/aromatic N) is 4. The van der Waals surface area contributed by atoms with Crippen LogP contribution < -0.4 is 0 Å². The van der Waals surface area contributed by atoms with Gasteiger partial charge in [0.15, 0.2) is 0 Å². The lowest BCUT2D eigenvalue weighted by Gasteiger charge is -2.11. The van der Waals surface area contributed by atoms with Gasteiger partial charge in [-0.25, -0.2) is 9.97 Å². The topological polar surface area (TPSA) is 84.9 Å². The quantitative estimate of drug-likeness (QED) is 0.886. The third-order valence-corrected chi connectivity index (χ3v) is 2.81. The van der Waals surface area contributed by atoms with Crippen molar-refractivity contribution in [3.63, 3.8) is 0 Å². The van der Waals surface area contributed by atoms with Crippen LogP contribution in [0.1, 0.15) is 37.6 Å². The van der Waals surface area contributed by atoms with Gasteiger partial charge in [0, 0.05) is 12.4 Å². The Labute approximate surface area is 105 Å². The van der Waals surface area contributed by atoms with Crippen molar-refractivity contribution in [2.45, 2.75) is 39.2 Å². The molecule has 0 aliphatic heterocycles. The molecule has 2 rings (SSSR count). The summed E-state index contributed by atoms with van der Waals surface area (Å²) in [5, 5.41) is 13.6. The molecule has 0 amide bonds. The van der Waals surface area contributed by atoms with Gasteiger partial charge in [-0.3, -0.25) is 0 Å². The van der Waals surface area contributed by atoms with E-state index in [9.17, 15) is 5.11 Å². The lowest BCUT2D eigenvalue weighted by atomic mass is 10.0. The minimum atomic E-state index is -0.489. The van der Waals surface area contributed by atoms with E-state index < -0.39 is 6.10 Å². The van der Waals surface area contributed by atoms with Crippen molar-refractivity contribution in [3.8, 4) is 11.6 Å². The zero-order valence-electron chi connectivity index (χ0n) is 10.7. The van der Waals surface area contributed by atoms with Crippen LogP contribution in [0.2, 0.25) is 0 Å². The smallest absolute Gasteiger partial charge is 0.240 e. The van der Waals surface area contributed by atoms with Gasteiger partial charge >= 0.3 is 0 Å². The third-order valence-electron chi connectivity index (χ3n) is 2.81. The van der Waals surface area contributed by atoms with Gasteiger partial charge < -0.3 is 9.63 Å². The number of rotatable bonds is 4. The molecule has 1 N–H and O–H groups in total. The first-order valence-electron chi connectivity index (χ1n) is 5.92. The number of aryl methyl sites for hydroxylation is 1. The van der Waals surface area contributed by atoms with Crippen LogP contribution in [0.4, 0.5) is 0 Å². The lowest BCUT2D eigenvalue weighted by Crippen LogP contribution is -2.14. The molecule has 2 atom stereocenters. The van der Waals surface area contributed by atoms with Gasteiger partial charge in [-0.2, -0.15) is 4.98 Å². The molecule has 2 unspecified atom stereocenters. The highest BCUT2D eigenvalue weighted by atomic mass is 16.5. The van der Waals surface area contributed by atoms with Crippen LogP contribution in [0.25, 0.3) is 11.6 Å². The van der Waals surface area contributed by atoms with Crippen molar-refractivity contribution >= 4 is 0 Å². The number of hydrogen-bond donors (Lipinski definition) is 1. The molecule has 0 fully saturated rings. The zero-order valence-corrected chi connectivity index (χ0v) is 10.7. The number of aliphatic hydroxyl groups excluding tert-OH is 1. The predicted octanol–water partition coefficient (Wildman–Crippen LogP) is 1.71. The summed E-state index contributed by atoms with van der Waals surface area (Å²) in [6.07, 6.45) is 3.54. The van der Waals surface area contributed by atoms with E-state index in [1.165, 1.54) is 0 Å². The molecule has 0 aliphatic carbocycles. The van der Waals surface area contributed by atoms with Crippen LogP contribution in [-0.2, 0) is 0 Å². The molecule has 6 heteroatoms. The van der Waals surface area contributed by atoms with Gasteiger partial charge in [-0.05, 0) is 18.9 Å². The summed E-state index contributed by atoms with van der Waals surface area (Å²) in [6.45, 7) is 5.66. The monoisotopic (exact) mass is 248 g/mol. The summed E-state index contributed by atoms with van der Waals surface area (Å²) in [4.78, 5) is 12.5. The molecular weight excluding hydrogens is 232 g/mol. The summed E-state index contributed by atoms with van der Waals surface area (Å²) < 4.78 is 5.13. The highest BCUT2D eigenvalue weighted by Gasteiger charge is 2.22. The van der Waals surface area contributed by atoms with Crippen LogP contribution in [0, 0.1) is 6.92 Å².